The Morgan fingerprint density at radius 3 is 2.50 bits per heavy atom. The minimum absolute atomic E-state index is 0.448. The van der Waals surface area contributed by atoms with Crippen molar-refractivity contribution in [3.63, 3.8) is 0 Å². The molecule has 0 spiro atoms. The van der Waals surface area contributed by atoms with E-state index in [2.05, 4.69) is 41.9 Å². The molecule has 0 bridgehead atoms. The number of nitrogens with zero attached hydrogens (tertiary/aromatic N) is 1. The van der Waals surface area contributed by atoms with Crippen LogP contribution in [0, 0.1) is 0 Å². The summed E-state index contributed by atoms with van der Waals surface area (Å²) in [7, 11) is -2.02. The summed E-state index contributed by atoms with van der Waals surface area (Å²) in [6.07, 6.45) is 0. The molecule has 1 fully saturated rings. The first-order chi connectivity index (χ1) is 9.44. The van der Waals surface area contributed by atoms with Gasteiger partial charge in [-0.3, -0.25) is 4.72 Å². The van der Waals surface area contributed by atoms with Crippen molar-refractivity contribution in [1.29, 1.82) is 0 Å². The summed E-state index contributed by atoms with van der Waals surface area (Å²) in [6, 6.07) is 3.38. The number of anilines is 1. The first-order valence-electron chi connectivity index (χ1n) is 5.95. The van der Waals surface area contributed by atoms with Gasteiger partial charge in [-0.1, -0.05) is 0 Å². The lowest BCUT2D eigenvalue weighted by atomic mass is 10.3. The molecule has 0 aliphatic carbocycles. The van der Waals surface area contributed by atoms with Gasteiger partial charge >= 0.3 is 10.2 Å². The van der Waals surface area contributed by atoms with Crippen LogP contribution in [0.4, 0.5) is 5.69 Å². The fourth-order valence-electron chi connectivity index (χ4n) is 1.85. The number of rotatable bonds is 4. The summed E-state index contributed by atoms with van der Waals surface area (Å²) < 4.78 is 35.2. The average molecular weight is 429 g/mol. The largest absolute Gasteiger partial charge is 0.495 e. The summed E-state index contributed by atoms with van der Waals surface area (Å²) in [4.78, 5) is 0. The van der Waals surface area contributed by atoms with E-state index < -0.39 is 10.2 Å². The number of piperazine rings is 1. The lowest BCUT2D eigenvalue weighted by Crippen LogP contribution is -2.48. The highest BCUT2D eigenvalue weighted by Gasteiger charge is 2.24. The summed E-state index contributed by atoms with van der Waals surface area (Å²) >= 11 is 6.69. The molecule has 0 amide bonds. The molecular formula is C11H15Br2N3O3S. The van der Waals surface area contributed by atoms with Crippen molar-refractivity contribution in [2.24, 2.45) is 0 Å². The van der Waals surface area contributed by atoms with Crippen molar-refractivity contribution < 1.29 is 13.2 Å². The Kier molecular flexibility index (Phi) is 5.30. The standard InChI is InChI=1S/C11H15Br2N3O3S/c1-19-11-7-10(8(12)6-9(11)13)15-20(17,18)16-4-2-14-3-5-16/h6-7,14-15H,2-5H2,1H3. The molecule has 20 heavy (non-hydrogen) atoms. The van der Waals surface area contributed by atoms with Crippen LogP contribution in [-0.4, -0.2) is 46.0 Å². The van der Waals surface area contributed by atoms with Crippen molar-refractivity contribution in [1.82, 2.24) is 9.62 Å². The molecular weight excluding hydrogens is 414 g/mol. The molecule has 1 saturated heterocycles. The molecule has 0 saturated carbocycles. The van der Waals surface area contributed by atoms with Gasteiger partial charge in [0.25, 0.3) is 0 Å². The number of nitrogens with one attached hydrogen (secondary N) is 2. The lowest BCUT2D eigenvalue weighted by molar-refractivity contribution is 0.362. The highest BCUT2D eigenvalue weighted by Crippen LogP contribution is 2.35. The maximum Gasteiger partial charge on any atom is 0.301 e. The number of halogens is 2. The summed E-state index contributed by atoms with van der Waals surface area (Å²) in [5, 5.41) is 3.12. The van der Waals surface area contributed by atoms with Crippen LogP contribution in [0.15, 0.2) is 21.1 Å². The van der Waals surface area contributed by atoms with Crippen LogP contribution in [0.2, 0.25) is 0 Å². The Bertz CT molecular complexity index is 589. The molecule has 2 N–H and O–H groups in total. The Balaban J connectivity index is 2.24. The molecule has 112 valence electrons. The fraction of sp³-hybridized carbons (Fsp3) is 0.455. The normalized spacial score (nSPS) is 16.9. The van der Waals surface area contributed by atoms with Gasteiger partial charge in [-0.05, 0) is 37.9 Å². The molecule has 1 aromatic carbocycles. The topological polar surface area (TPSA) is 70.7 Å². The van der Waals surface area contributed by atoms with E-state index in [4.69, 9.17) is 4.74 Å². The van der Waals surface area contributed by atoms with Gasteiger partial charge < -0.3 is 10.1 Å². The van der Waals surface area contributed by atoms with E-state index in [0.29, 0.717) is 42.1 Å². The Morgan fingerprint density at radius 2 is 1.90 bits per heavy atom. The van der Waals surface area contributed by atoms with Crippen LogP contribution < -0.4 is 14.8 Å². The molecule has 0 atom stereocenters. The minimum atomic E-state index is -3.55. The maximum absolute atomic E-state index is 12.3. The molecule has 2 rings (SSSR count). The molecule has 0 radical (unpaired) electrons. The van der Waals surface area contributed by atoms with Crippen LogP contribution in [0.1, 0.15) is 0 Å². The number of hydrogen-bond donors (Lipinski definition) is 2. The lowest BCUT2D eigenvalue weighted by Gasteiger charge is -2.27. The second kappa shape index (κ2) is 6.61. The highest BCUT2D eigenvalue weighted by atomic mass is 79.9. The molecule has 1 aliphatic rings. The third-order valence-electron chi connectivity index (χ3n) is 2.90. The van der Waals surface area contributed by atoms with E-state index in [1.54, 1.807) is 12.1 Å². The van der Waals surface area contributed by atoms with Crippen LogP contribution in [-0.2, 0) is 10.2 Å². The van der Waals surface area contributed by atoms with E-state index in [1.165, 1.54) is 11.4 Å². The first-order valence-corrected chi connectivity index (χ1v) is 8.98. The monoisotopic (exact) mass is 427 g/mol. The molecule has 1 aliphatic heterocycles. The average Bonchev–Trinajstić information content (AvgIpc) is 2.43. The first kappa shape index (κ1) is 16.0. The van der Waals surface area contributed by atoms with E-state index in [0.717, 1.165) is 4.47 Å². The van der Waals surface area contributed by atoms with Crippen LogP contribution in [0.3, 0.4) is 0 Å². The molecule has 0 aromatic heterocycles. The van der Waals surface area contributed by atoms with Crippen LogP contribution in [0.25, 0.3) is 0 Å². The molecule has 0 unspecified atom stereocenters. The van der Waals surface area contributed by atoms with Crippen LogP contribution in [0.5, 0.6) is 5.75 Å². The predicted molar refractivity (Wildman–Crippen MR) is 85.4 cm³/mol. The van der Waals surface area contributed by atoms with Crippen molar-refractivity contribution in [3.05, 3.63) is 21.1 Å². The minimum Gasteiger partial charge on any atom is -0.495 e. The van der Waals surface area contributed by atoms with Gasteiger partial charge in [0, 0.05) is 36.7 Å². The summed E-state index contributed by atoms with van der Waals surface area (Å²) in [6.45, 7) is 2.23. The van der Waals surface area contributed by atoms with E-state index in [-0.39, 0.29) is 0 Å². The SMILES string of the molecule is COc1cc(NS(=O)(=O)N2CCNCC2)c(Br)cc1Br. The zero-order valence-electron chi connectivity index (χ0n) is 10.8. The molecule has 1 heterocycles. The van der Waals surface area contributed by atoms with Gasteiger partial charge in [0.1, 0.15) is 5.75 Å². The number of methoxy groups -OCH3 is 1. The van der Waals surface area contributed by atoms with Gasteiger partial charge in [0.15, 0.2) is 0 Å². The van der Waals surface area contributed by atoms with Gasteiger partial charge in [-0.15, -0.1) is 0 Å². The molecule has 1 aromatic rings. The summed E-state index contributed by atoms with van der Waals surface area (Å²) in [5.74, 6) is 0.561. The van der Waals surface area contributed by atoms with Crippen molar-refractivity contribution in [2.75, 3.05) is 38.0 Å². The van der Waals surface area contributed by atoms with E-state index >= 15 is 0 Å². The Morgan fingerprint density at radius 1 is 1.25 bits per heavy atom. The summed E-state index contributed by atoms with van der Waals surface area (Å²) in [5.41, 5.74) is 0.448. The zero-order chi connectivity index (χ0) is 14.8. The van der Waals surface area contributed by atoms with Crippen LogP contribution >= 0.6 is 31.9 Å². The van der Waals surface area contributed by atoms with Gasteiger partial charge in [0.2, 0.25) is 0 Å². The quantitative estimate of drug-likeness (QED) is 0.766. The second-order valence-electron chi connectivity index (χ2n) is 4.22. The van der Waals surface area contributed by atoms with E-state index in [1.807, 2.05) is 0 Å². The van der Waals surface area contributed by atoms with Gasteiger partial charge in [0.05, 0.1) is 17.3 Å². The third kappa shape index (κ3) is 3.64. The smallest absolute Gasteiger partial charge is 0.301 e. The Labute approximate surface area is 135 Å². The van der Waals surface area contributed by atoms with E-state index in [9.17, 15) is 8.42 Å². The van der Waals surface area contributed by atoms with Gasteiger partial charge in [-0.2, -0.15) is 12.7 Å². The Hall–Kier alpha value is -0.350. The molecule has 6 nitrogen and oxygen atoms in total. The second-order valence-corrected chi connectivity index (χ2v) is 7.60. The third-order valence-corrected chi connectivity index (χ3v) is 5.69. The molecule has 9 heteroatoms. The number of hydrogen-bond acceptors (Lipinski definition) is 4. The number of benzene rings is 1. The van der Waals surface area contributed by atoms with Gasteiger partial charge in [-0.25, -0.2) is 0 Å². The highest BCUT2D eigenvalue weighted by molar-refractivity contribution is 9.11. The number of ether oxygens (including phenoxy) is 1. The zero-order valence-corrected chi connectivity index (χ0v) is 14.8. The van der Waals surface area contributed by atoms with Crippen molar-refractivity contribution >= 4 is 47.8 Å². The van der Waals surface area contributed by atoms with Crippen molar-refractivity contribution in [2.45, 2.75) is 0 Å². The predicted octanol–water partition coefficient (Wildman–Crippen LogP) is 1.78. The van der Waals surface area contributed by atoms with Crippen molar-refractivity contribution in [3.8, 4) is 5.75 Å². The fourth-order valence-corrected chi connectivity index (χ4v) is 4.48. The maximum atomic E-state index is 12.3.